The van der Waals surface area contributed by atoms with E-state index in [0.29, 0.717) is 32.4 Å². The Balaban J connectivity index is 1.19. The summed E-state index contributed by atoms with van der Waals surface area (Å²) < 4.78 is 5.50. The van der Waals surface area contributed by atoms with E-state index in [9.17, 15) is 19.5 Å². The number of hydrogen-bond donors (Lipinski definition) is 2. The van der Waals surface area contributed by atoms with Crippen LogP contribution in [0.3, 0.4) is 0 Å². The highest BCUT2D eigenvalue weighted by atomic mass is 16.5. The van der Waals surface area contributed by atoms with Gasteiger partial charge in [-0.15, -0.1) is 0 Å². The number of amides is 2. The number of unbranched alkanes of at least 4 members (excludes halogenated alkanes) is 1. The molecule has 1 aliphatic heterocycles. The third-order valence-electron chi connectivity index (χ3n) is 6.29. The first-order valence-electron chi connectivity index (χ1n) is 11.2. The summed E-state index contributed by atoms with van der Waals surface area (Å²) in [5.41, 5.74) is 4.71. The number of ether oxygens (including phenoxy) is 1. The summed E-state index contributed by atoms with van der Waals surface area (Å²) in [7, 11) is 0. The van der Waals surface area contributed by atoms with Gasteiger partial charge in [0.2, 0.25) is 5.91 Å². The van der Waals surface area contributed by atoms with Crippen molar-refractivity contribution in [2.45, 2.75) is 44.1 Å². The quantitative estimate of drug-likeness (QED) is 0.614. The highest BCUT2D eigenvalue weighted by molar-refractivity contribution is 5.84. The van der Waals surface area contributed by atoms with Gasteiger partial charge in [0.05, 0.1) is 0 Å². The topological polar surface area (TPSA) is 95.9 Å². The Morgan fingerprint density at radius 1 is 1.00 bits per heavy atom. The van der Waals surface area contributed by atoms with Gasteiger partial charge in [0, 0.05) is 25.4 Å². The average Bonchev–Trinajstić information content (AvgIpc) is 3.41. The molecule has 4 rings (SSSR count). The first-order chi connectivity index (χ1) is 15.6. The van der Waals surface area contributed by atoms with Crippen molar-refractivity contribution in [3.63, 3.8) is 0 Å². The Hall–Kier alpha value is -3.35. The average molecular weight is 437 g/mol. The Morgan fingerprint density at radius 2 is 1.66 bits per heavy atom. The molecule has 2 aromatic rings. The molecule has 0 saturated carbocycles. The van der Waals surface area contributed by atoms with Gasteiger partial charge in [-0.05, 0) is 47.9 Å². The smallest absolute Gasteiger partial charge is 0.407 e. The van der Waals surface area contributed by atoms with E-state index in [0.717, 1.165) is 6.42 Å². The van der Waals surface area contributed by atoms with Gasteiger partial charge in [0.1, 0.15) is 12.6 Å². The van der Waals surface area contributed by atoms with Crippen LogP contribution in [0.2, 0.25) is 0 Å². The molecule has 0 spiro atoms. The second kappa shape index (κ2) is 9.85. The van der Waals surface area contributed by atoms with Crippen LogP contribution in [-0.4, -0.2) is 53.7 Å². The van der Waals surface area contributed by atoms with Crippen molar-refractivity contribution in [1.29, 1.82) is 0 Å². The SMILES string of the molecule is O=C(NCCCCC(=O)N1CCCC1C(=O)O)OCC1c2ccccc2-c2ccccc21. The minimum absolute atomic E-state index is 0.0217. The van der Waals surface area contributed by atoms with Crippen LogP contribution in [0.5, 0.6) is 0 Å². The van der Waals surface area contributed by atoms with E-state index in [4.69, 9.17) is 4.74 Å². The molecular weight excluding hydrogens is 408 g/mol. The number of hydrogen-bond acceptors (Lipinski definition) is 4. The monoisotopic (exact) mass is 436 g/mol. The molecule has 2 aliphatic rings. The summed E-state index contributed by atoms with van der Waals surface area (Å²) in [6.45, 7) is 1.18. The van der Waals surface area contributed by atoms with E-state index in [1.807, 2.05) is 24.3 Å². The van der Waals surface area contributed by atoms with Gasteiger partial charge in [0.15, 0.2) is 0 Å². The van der Waals surface area contributed by atoms with Gasteiger partial charge in [-0.2, -0.15) is 0 Å². The molecule has 7 nitrogen and oxygen atoms in total. The lowest BCUT2D eigenvalue weighted by atomic mass is 9.98. The Kier molecular flexibility index (Phi) is 6.73. The zero-order valence-electron chi connectivity index (χ0n) is 18.0. The third-order valence-corrected chi connectivity index (χ3v) is 6.29. The number of alkyl carbamates (subject to hydrolysis) is 1. The number of rotatable bonds is 8. The molecule has 0 aromatic heterocycles. The van der Waals surface area contributed by atoms with Crippen LogP contribution in [0.25, 0.3) is 11.1 Å². The van der Waals surface area contributed by atoms with Gasteiger partial charge >= 0.3 is 12.1 Å². The Labute approximate surface area is 187 Å². The van der Waals surface area contributed by atoms with Crippen molar-refractivity contribution in [2.75, 3.05) is 19.7 Å². The highest BCUT2D eigenvalue weighted by Gasteiger charge is 2.33. The number of aliphatic carboxylic acids is 1. The fourth-order valence-corrected chi connectivity index (χ4v) is 4.71. The van der Waals surface area contributed by atoms with Crippen molar-refractivity contribution in [2.24, 2.45) is 0 Å². The van der Waals surface area contributed by atoms with E-state index in [1.165, 1.54) is 27.2 Å². The fourth-order valence-electron chi connectivity index (χ4n) is 4.71. The second-order valence-corrected chi connectivity index (χ2v) is 8.29. The van der Waals surface area contributed by atoms with Crippen molar-refractivity contribution in [3.8, 4) is 11.1 Å². The molecule has 0 radical (unpaired) electrons. The number of carbonyl (C=O) groups excluding carboxylic acids is 2. The van der Waals surface area contributed by atoms with E-state index in [2.05, 4.69) is 29.6 Å². The highest BCUT2D eigenvalue weighted by Crippen LogP contribution is 2.44. The van der Waals surface area contributed by atoms with Gasteiger partial charge in [-0.25, -0.2) is 9.59 Å². The molecule has 1 fully saturated rings. The summed E-state index contributed by atoms with van der Waals surface area (Å²) in [5, 5.41) is 11.9. The maximum Gasteiger partial charge on any atom is 0.407 e. The second-order valence-electron chi connectivity index (χ2n) is 8.29. The predicted octanol–water partition coefficient (Wildman–Crippen LogP) is 3.77. The molecular formula is C25H28N2O5. The predicted molar refractivity (Wildman–Crippen MR) is 119 cm³/mol. The van der Waals surface area contributed by atoms with Crippen molar-refractivity contribution in [1.82, 2.24) is 10.2 Å². The van der Waals surface area contributed by atoms with Crippen LogP contribution >= 0.6 is 0 Å². The van der Waals surface area contributed by atoms with Crippen molar-refractivity contribution >= 4 is 18.0 Å². The van der Waals surface area contributed by atoms with Gasteiger partial charge in [0.25, 0.3) is 0 Å². The molecule has 1 aliphatic carbocycles. The third kappa shape index (κ3) is 4.61. The lowest BCUT2D eigenvalue weighted by molar-refractivity contribution is -0.148. The molecule has 2 aromatic carbocycles. The number of carboxylic acids is 1. The minimum atomic E-state index is -0.937. The van der Waals surface area contributed by atoms with E-state index in [1.54, 1.807) is 0 Å². The maximum absolute atomic E-state index is 12.3. The van der Waals surface area contributed by atoms with Crippen LogP contribution in [0.4, 0.5) is 4.79 Å². The summed E-state index contributed by atoms with van der Waals surface area (Å²) in [6.07, 6.45) is 2.28. The summed E-state index contributed by atoms with van der Waals surface area (Å²) >= 11 is 0. The number of nitrogens with one attached hydrogen (secondary N) is 1. The van der Waals surface area contributed by atoms with E-state index >= 15 is 0 Å². The summed E-state index contributed by atoms with van der Waals surface area (Å²) in [4.78, 5) is 37.1. The number of benzene rings is 2. The molecule has 168 valence electrons. The Bertz CT molecular complexity index is 960. The van der Waals surface area contributed by atoms with Crippen LogP contribution < -0.4 is 5.32 Å². The lowest BCUT2D eigenvalue weighted by Crippen LogP contribution is -2.40. The van der Waals surface area contributed by atoms with Crippen molar-refractivity contribution < 1.29 is 24.2 Å². The van der Waals surface area contributed by atoms with E-state index in [-0.39, 0.29) is 24.9 Å². The number of likely N-dealkylation sites (tertiary alicyclic amines) is 1. The van der Waals surface area contributed by atoms with Crippen LogP contribution in [0.15, 0.2) is 48.5 Å². The number of fused-ring (bicyclic) bond motifs is 3. The molecule has 0 bridgehead atoms. The molecule has 1 heterocycles. The van der Waals surface area contributed by atoms with Gasteiger partial charge in [-0.1, -0.05) is 48.5 Å². The first-order valence-corrected chi connectivity index (χ1v) is 11.2. The number of carbonyl (C=O) groups is 3. The van der Waals surface area contributed by atoms with Gasteiger partial charge < -0.3 is 20.1 Å². The molecule has 1 unspecified atom stereocenters. The molecule has 32 heavy (non-hydrogen) atoms. The summed E-state index contributed by atoms with van der Waals surface area (Å²) in [6, 6.07) is 15.7. The van der Waals surface area contributed by atoms with Crippen LogP contribution in [0.1, 0.15) is 49.1 Å². The number of carboxylic acid groups (broad SMARTS) is 1. The van der Waals surface area contributed by atoms with E-state index < -0.39 is 18.1 Å². The van der Waals surface area contributed by atoms with Crippen molar-refractivity contribution in [3.05, 3.63) is 59.7 Å². The standard InChI is InChI=1S/C25H28N2O5/c28-23(27-15-7-12-22(27)24(29)30)13-5-6-14-26-25(31)32-16-21-19-10-3-1-8-17(19)18-9-2-4-11-20(18)21/h1-4,8-11,21-22H,5-7,12-16H2,(H,26,31)(H,29,30). The zero-order valence-corrected chi connectivity index (χ0v) is 18.0. The molecule has 7 heteroatoms. The first kappa shape index (κ1) is 21.9. The normalized spacial score (nSPS) is 17.0. The number of nitrogens with zero attached hydrogens (tertiary/aromatic N) is 1. The largest absolute Gasteiger partial charge is 0.480 e. The lowest BCUT2D eigenvalue weighted by Gasteiger charge is -2.21. The van der Waals surface area contributed by atoms with Crippen LogP contribution in [0, 0.1) is 0 Å². The molecule has 2 amide bonds. The van der Waals surface area contributed by atoms with Gasteiger partial charge in [-0.3, -0.25) is 4.79 Å². The maximum atomic E-state index is 12.3. The minimum Gasteiger partial charge on any atom is -0.480 e. The zero-order chi connectivity index (χ0) is 22.5. The van der Waals surface area contributed by atoms with Crippen LogP contribution in [-0.2, 0) is 14.3 Å². The molecule has 2 N–H and O–H groups in total. The fraction of sp³-hybridized carbons (Fsp3) is 0.400. The molecule has 1 atom stereocenters. The summed E-state index contributed by atoms with van der Waals surface area (Å²) in [5.74, 6) is -1.04. The molecule has 1 saturated heterocycles. The Morgan fingerprint density at radius 3 is 2.31 bits per heavy atom.